The highest BCUT2D eigenvalue weighted by molar-refractivity contribution is 5.94. The molecule has 118 valence electrons. The molecule has 0 radical (unpaired) electrons. The van der Waals surface area contributed by atoms with E-state index in [0.717, 1.165) is 12.1 Å². The van der Waals surface area contributed by atoms with Crippen molar-refractivity contribution >= 4 is 5.91 Å². The molecule has 0 atom stereocenters. The predicted molar refractivity (Wildman–Crippen MR) is 69.3 cm³/mol. The van der Waals surface area contributed by atoms with Gasteiger partial charge in [0.25, 0.3) is 5.91 Å². The third-order valence-corrected chi connectivity index (χ3v) is 3.44. The van der Waals surface area contributed by atoms with Crippen molar-refractivity contribution in [1.82, 2.24) is 5.32 Å². The van der Waals surface area contributed by atoms with Crippen molar-refractivity contribution in [3.63, 3.8) is 0 Å². The molecule has 0 aliphatic rings. The summed E-state index contributed by atoms with van der Waals surface area (Å²) in [4.78, 5) is 11.8. The molecule has 0 fully saturated rings. The Labute approximate surface area is 120 Å². The monoisotopic (exact) mass is 307 g/mol. The van der Waals surface area contributed by atoms with E-state index in [1.54, 1.807) is 13.8 Å². The van der Waals surface area contributed by atoms with Gasteiger partial charge in [0, 0.05) is 6.54 Å². The summed E-state index contributed by atoms with van der Waals surface area (Å²) in [5.41, 5.74) is -3.34. The van der Waals surface area contributed by atoms with Gasteiger partial charge in [-0.25, -0.2) is 4.39 Å². The molecule has 0 aliphatic heterocycles. The predicted octanol–water partition coefficient (Wildman–Crippen LogP) is 3.13. The first-order valence-corrected chi connectivity index (χ1v) is 6.51. The Morgan fingerprint density at radius 2 is 1.81 bits per heavy atom. The first-order valence-electron chi connectivity index (χ1n) is 6.51. The van der Waals surface area contributed by atoms with Crippen LogP contribution in [0.3, 0.4) is 0 Å². The van der Waals surface area contributed by atoms with E-state index >= 15 is 0 Å². The fraction of sp³-hybridized carbons (Fsp3) is 0.500. The van der Waals surface area contributed by atoms with E-state index in [-0.39, 0.29) is 6.54 Å². The van der Waals surface area contributed by atoms with Gasteiger partial charge < -0.3 is 10.4 Å². The Balaban J connectivity index is 2.94. The van der Waals surface area contributed by atoms with Crippen LogP contribution in [0.4, 0.5) is 17.6 Å². The summed E-state index contributed by atoms with van der Waals surface area (Å²) in [5.74, 6) is -2.60. The Morgan fingerprint density at radius 1 is 1.24 bits per heavy atom. The van der Waals surface area contributed by atoms with E-state index in [0.29, 0.717) is 18.9 Å². The number of hydrogen-bond donors (Lipinski definition) is 2. The molecule has 3 nitrogen and oxygen atoms in total. The van der Waals surface area contributed by atoms with Crippen molar-refractivity contribution in [3.8, 4) is 0 Å². The van der Waals surface area contributed by atoms with E-state index < -0.39 is 34.6 Å². The van der Waals surface area contributed by atoms with Crippen molar-refractivity contribution in [2.75, 3.05) is 6.54 Å². The molecule has 0 aliphatic carbocycles. The van der Waals surface area contributed by atoms with Crippen molar-refractivity contribution < 1.29 is 27.5 Å². The van der Waals surface area contributed by atoms with Gasteiger partial charge in [0.05, 0.1) is 16.7 Å². The van der Waals surface area contributed by atoms with Gasteiger partial charge >= 0.3 is 6.18 Å². The molecule has 0 saturated carbocycles. The molecule has 1 rings (SSSR count). The van der Waals surface area contributed by atoms with Crippen molar-refractivity contribution in [1.29, 1.82) is 0 Å². The summed E-state index contributed by atoms with van der Waals surface area (Å²) in [6, 6.07) is 2.50. The van der Waals surface area contributed by atoms with Crippen LogP contribution < -0.4 is 5.32 Å². The number of rotatable bonds is 5. The van der Waals surface area contributed by atoms with E-state index in [1.165, 1.54) is 0 Å². The van der Waals surface area contributed by atoms with Crippen LogP contribution in [0.1, 0.15) is 42.6 Å². The zero-order chi connectivity index (χ0) is 16.3. The molecule has 0 aromatic heterocycles. The van der Waals surface area contributed by atoms with Crippen LogP contribution in [0.2, 0.25) is 0 Å². The van der Waals surface area contributed by atoms with Gasteiger partial charge in [0.1, 0.15) is 5.82 Å². The first kappa shape index (κ1) is 17.4. The van der Waals surface area contributed by atoms with Gasteiger partial charge in [-0.15, -0.1) is 0 Å². The molecule has 0 saturated heterocycles. The quantitative estimate of drug-likeness (QED) is 0.821. The summed E-state index contributed by atoms with van der Waals surface area (Å²) < 4.78 is 51.5. The second-order valence-corrected chi connectivity index (χ2v) is 4.78. The lowest BCUT2D eigenvalue weighted by Gasteiger charge is -2.25. The third-order valence-electron chi connectivity index (χ3n) is 3.44. The summed E-state index contributed by atoms with van der Waals surface area (Å²) in [6.45, 7) is 3.26. The minimum atomic E-state index is -4.87. The molecule has 1 aromatic carbocycles. The Morgan fingerprint density at radius 3 is 2.29 bits per heavy atom. The SMILES string of the molecule is CCC(O)(CC)CNC(=O)c1cccc(C(F)(F)F)c1F. The van der Waals surface area contributed by atoms with E-state index in [2.05, 4.69) is 5.32 Å². The number of carbonyl (C=O) groups excluding carboxylic acids is 1. The van der Waals surface area contributed by atoms with Gasteiger partial charge in [-0.2, -0.15) is 13.2 Å². The highest BCUT2D eigenvalue weighted by Gasteiger charge is 2.35. The van der Waals surface area contributed by atoms with Crippen LogP contribution in [0.15, 0.2) is 18.2 Å². The Bertz CT molecular complexity index is 510. The Hall–Kier alpha value is -1.63. The summed E-state index contributed by atoms with van der Waals surface area (Å²) >= 11 is 0. The van der Waals surface area contributed by atoms with Crippen molar-refractivity contribution in [3.05, 3.63) is 35.1 Å². The second-order valence-electron chi connectivity index (χ2n) is 4.78. The number of carbonyl (C=O) groups is 1. The van der Waals surface area contributed by atoms with E-state index in [4.69, 9.17) is 0 Å². The van der Waals surface area contributed by atoms with Crippen LogP contribution in [-0.2, 0) is 6.18 Å². The number of halogens is 4. The van der Waals surface area contributed by atoms with Crippen LogP contribution in [-0.4, -0.2) is 23.2 Å². The van der Waals surface area contributed by atoms with Gasteiger partial charge in [0.2, 0.25) is 0 Å². The summed E-state index contributed by atoms with van der Waals surface area (Å²) in [6.07, 6.45) is -4.16. The smallest absolute Gasteiger partial charge is 0.388 e. The fourth-order valence-corrected chi connectivity index (χ4v) is 1.77. The van der Waals surface area contributed by atoms with Gasteiger partial charge in [-0.05, 0) is 25.0 Å². The topological polar surface area (TPSA) is 49.3 Å². The average Bonchev–Trinajstić information content (AvgIpc) is 2.43. The normalized spacial score (nSPS) is 12.3. The van der Waals surface area contributed by atoms with Gasteiger partial charge in [-0.1, -0.05) is 19.9 Å². The van der Waals surface area contributed by atoms with Gasteiger partial charge in [-0.3, -0.25) is 4.79 Å². The lowest BCUT2D eigenvalue weighted by atomic mass is 9.97. The van der Waals surface area contributed by atoms with E-state index in [9.17, 15) is 27.5 Å². The molecule has 0 spiro atoms. The molecule has 21 heavy (non-hydrogen) atoms. The minimum absolute atomic E-state index is 0.158. The van der Waals surface area contributed by atoms with Gasteiger partial charge in [0.15, 0.2) is 0 Å². The maximum Gasteiger partial charge on any atom is 0.419 e. The summed E-state index contributed by atoms with van der Waals surface area (Å²) in [5, 5.41) is 12.3. The minimum Gasteiger partial charge on any atom is -0.388 e. The summed E-state index contributed by atoms with van der Waals surface area (Å²) in [7, 11) is 0. The number of aliphatic hydroxyl groups is 1. The first-order chi connectivity index (χ1) is 9.64. The van der Waals surface area contributed by atoms with Crippen molar-refractivity contribution in [2.45, 2.75) is 38.5 Å². The van der Waals surface area contributed by atoms with Crippen LogP contribution >= 0.6 is 0 Å². The maximum absolute atomic E-state index is 13.8. The standard InChI is InChI=1S/C14H17F4NO2/c1-3-13(21,4-2)8-19-12(20)9-6-5-7-10(11(9)15)14(16,17)18/h5-7,21H,3-4,8H2,1-2H3,(H,19,20). The van der Waals surface area contributed by atoms with Crippen LogP contribution in [0.25, 0.3) is 0 Å². The highest BCUT2D eigenvalue weighted by Crippen LogP contribution is 2.32. The number of alkyl halides is 3. The Kier molecular flexibility index (Phi) is 5.33. The van der Waals surface area contributed by atoms with Crippen LogP contribution in [0.5, 0.6) is 0 Å². The molecule has 1 amide bonds. The maximum atomic E-state index is 13.8. The zero-order valence-corrected chi connectivity index (χ0v) is 11.7. The van der Waals surface area contributed by atoms with Crippen molar-refractivity contribution in [2.24, 2.45) is 0 Å². The lowest BCUT2D eigenvalue weighted by Crippen LogP contribution is -2.42. The van der Waals surface area contributed by atoms with Crippen LogP contribution in [0, 0.1) is 5.82 Å². The zero-order valence-electron chi connectivity index (χ0n) is 11.7. The number of hydrogen-bond acceptors (Lipinski definition) is 2. The number of benzene rings is 1. The molecular weight excluding hydrogens is 290 g/mol. The molecule has 7 heteroatoms. The largest absolute Gasteiger partial charge is 0.419 e. The molecule has 1 aromatic rings. The second kappa shape index (κ2) is 6.43. The lowest BCUT2D eigenvalue weighted by molar-refractivity contribution is -0.140. The molecule has 0 bridgehead atoms. The average molecular weight is 307 g/mol. The fourth-order valence-electron chi connectivity index (χ4n) is 1.77. The third kappa shape index (κ3) is 4.17. The highest BCUT2D eigenvalue weighted by atomic mass is 19.4. The van der Waals surface area contributed by atoms with E-state index in [1.807, 2.05) is 0 Å². The number of amides is 1. The molecule has 0 heterocycles. The molecular formula is C14H17F4NO2. The molecule has 2 N–H and O–H groups in total. The molecule has 0 unspecified atom stereocenters. The number of nitrogens with one attached hydrogen (secondary N) is 1.